The monoisotopic (exact) mass is 211 g/mol. The van der Waals surface area contributed by atoms with E-state index in [4.69, 9.17) is 16.1 Å². The van der Waals surface area contributed by atoms with Crippen LogP contribution in [0.5, 0.6) is 0 Å². The highest BCUT2D eigenvalue weighted by molar-refractivity contribution is 6.17. The van der Waals surface area contributed by atoms with Gasteiger partial charge in [0.1, 0.15) is 0 Å². The molecule has 0 aliphatic rings. The molecule has 0 spiro atoms. The first kappa shape index (κ1) is 9.27. The summed E-state index contributed by atoms with van der Waals surface area (Å²) in [5, 5.41) is 7.86. The highest BCUT2D eigenvalue weighted by Gasteiger charge is 2.11. The number of nitrogens with zero attached hydrogens (tertiary/aromatic N) is 3. The standard InChI is InChI=1S/C9H10ClN3O/c1-2-13-6-8(4-11-13)9-7(3-10)5-12-14-9/h4-6H,2-3H2,1H3. The van der Waals surface area contributed by atoms with E-state index in [1.807, 2.05) is 17.8 Å². The molecule has 0 amide bonds. The molecule has 4 nitrogen and oxygen atoms in total. The van der Waals surface area contributed by atoms with Crippen LogP contribution >= 0.6 is 11.6 Å². The zero-order valence-electron chi connectivity index (χ0n) is 7.77. The van der Waals surface area contributed by atoms with Gasteiger partial charge in [0, 0.05) is 18.3 Å². The summed E-state index contributed by atoms with van der Waals surface area (Å²) >= 11 is 5.74. The lowest BCUT2D eigenvalue weighted by molar-refractivity contribution is 0.432. The molecule has 14 heavy (non-hydrogen) atoms. The Morgan fingerprint density at radius 1 is 1.50 bits per heavy atom. The molecule has 0 aliphatic carbocycles. The Labute approximate surface area is 86.5 Å². The Morgan fingerprint density at radius 2 is 2.36 bits per heavy atom. The highest BCUT2D eigenvalue weighted by Crippen LogP contribution is 2.23. The molecular formula is C9H10ClN3O. The van der Waals surface area contributed by atoms with Gasteiger partial charge in [0.25, 0.3) is 0 Å². The Morgan fingerprint density at radius 3 is 3.00 bits per heavy atom. The Kier molecular flexibility index (Phi) is 2.54. The van der Waals surface area contributed by atoms with Crippen molar-refractivity contribution in [2.75, 3.05) is 0 Å². The zero-order chi connectivity index (χ0) is 9.97. The highest BCUT2D eigenvalue weighted by atomic mass is 35.5. The van der Waals surface area contributed by atoms with Gasteiger partial charge < -0.3 is 4.52 Å². The summed E-state index contributed by atoms with van der Waals surface area (Å²) in [5.74, 6) is 1.11. The van der Waals surface area contributed by atoms with Crippen LogP contribution in [-0.4, -0.2) is 14.9 Å². The van der Waals surface area contributed by atoms with E-state index in [9.17, 15) is 0 Å². The number of hydrogen-bond donors (Lipinski definition) is 0. The normalized spacial score (nSPS) is 10.7. The lowest BCUT2D eigenvalue weighted by Gasteiger charge is -1.92. The van der Waals surface area contributed by atoms with E-state index in [1.54, 1.807) is 12.4 Å². The molecule has 0 unspecified atom stereocenters. The van der Waals surface area contributed by atoms with Crippen molar-refractivity contribution in [1.29, 1.82) is 0 Å². The third-order valence-electron chi connectivity index (χ3n) is 2.01. The summed E-state index contributed by atoms with van der Waals surface area (Å²) in [6, 6.07) is 0. The van der Waals surface area contributed by atoms with Crippen LogP contribution in [0.3, 0.4) is 0 Å². The second-order valence-electron chi connectivity index (χ2n) is 2.90. The van der Waals surface area contributed by atoms with E-state index >= 15 is 0 Å². The topological polar surface area (TPSA) is 43.9 Å². The maximum atomic E-state index is 5.74. The van der Waals surface area contributed by atoms with Gasteiger partial charge in [0.05, 0.1) is 23.8 Å². The number of rotatable bonds is 3. The van der Waals surface area contributed by atoms with Gasteiger partial charge in [-0.15, -0.1) is 11.6 Å². The smallest absolute Gasteiger partial charge is 0.174 e. The van der Waals surface area contributed by atoms with Crippen molar-refractivity contribution in [1.82, 2.24) is 14.9 Å². The molecule has 0 radical (unpaired) electrons. The predicted octanol–water partition coefficient (Wildman–Crippen LogP) is 2.30. The van der Waals surface area contributed by atoms with Gasteiger partial charge in [-0.25, -0.2) is 0 Å². The van der Waals surface area contributed by atoms with Gasteiger partial charge in [-0.1, -0.05) is 5.16 Å². The number of hydrogen-bond acceptors (Lipinski definition) is 3. The number of aromatic nitrogens is 3. The summed E-state index contributed by atoms with van der Waals surface area (Å²) < 4.78 is 6.94. The molecule has 0 fully saturated rings. The van der Waals surface area contributed by atoms with Gasteiger partial charge in [-0.3, -0.25) is 4.68 Å². The van der Waals surface area contributed by atoms with Crippen molar-refractivity contribution in [3.05, 3.63) is 24.2 Å². The van der Waals surface area contributed by atoms with Gasteiger partial charge in [0.15, 0.2) is 5.76 Å². The molecule has 0 saturated heterocycles. The average molecular weight is 212 g/mol. The summed E-state index contributed by atoms with van der Waals surface area (Å²) in [5.41, 5.74) is 1.81. The first-order chi connectivity index (χ1) is 6.85. The van der Waals surface area contributed by atoms with Gasteiger partial charge in [-0.2, -0.15) is 5.10 Å². The lowest BCUT2D eigenvalue weighted by Crippen LogP contribution is -1.91. The molecule has 0 aromatic carbocycles. The summed E-state index contributed by atoms with van der Waals surface area (Å²) in [7, 11) is 0. The Hall–Kier alpha value is -1.29. The van der Waals surface area contributed by atoms with Crippen LogP contribution in [0.2, 0.25) is 0 Å². The van der Waals surface area contributed by atoms with Crippen molar-refractivity contribution >= 4 is 11.6 Å². The molecule has 0 bridgehead atoms. The molecule has 0 atom stereocenters. The fraction of sp³-hybridized carbons (Fsp3) is 0.333. The lowest BCUT2D eigenvalue weighted by atomic mass is 10.2. The minimum Gasteiger partial charge on any atom is -0.356 e. The first-order valence-electron chi connectivity index (χ1n) is 4.37. The fourth-order valence-corrected chi connectivity index (χ4v) is 1.44. The zero-order valence-corrected chi connectivity index (χ0v) is 8.53. The molecule has 2 heterocycles. The quantitative estimate of drug-likeness (QED) is 0.732. The van der Waals surface area contributed by atoms with E-state index in [0.29, 0.717) is 11.6 Å². The summed E-state index contributed by atoms with van der Waals surface area (Å²) in [4.78, 5) is 0. The van der Waals surface area contributed by atoms with E-state index in [-0.39, 0.29) is 0 Å². The minimum absolute atomic E-state index is 0.399. The third-order valence-corrected chi connectivity index (χ3v) is 2.30. The maximum absolute atomic E-state index is 5.74. The van der Waals surface area contributed by atoms with Crippen LogP contribution in [0.1, 0.15) is 12.5 Å². The fourth-order valence-electron chi connectivity index (χ4n) is 1.25. The number of aryl methyl sites for hydroxylation is 1. The molecule has 74 valence electrons. The van der Waals surface area contributed by atoms with Crippen molar-refractivity contribution in [2.45, 2.75) is 19.3 Å². The molecule has 2 rings (SSSR count). The van der Waals surface area contributed by atoms with Gasteiger partial charge >= 0.3 is 0 Å². The Bertz CT molecular complexity index is 421. The molecule has 0 aliphatic heterocycles. The molecule has 0 saturated carbocycles. The summed E-state index contributed by atoms with van der Waals surface area (Å²) in [6.07, 6.45) is 5.29. The van der Waals surface area contributed by atoms with Crippen LogP contribution in [0.4, 0.5) is 0 Å². The second kappa shape index (κ2) is 3.84. The van der Waals surface area contributed by atoms with Crippen LogP contribution in [0.15, 0.2) is 23.1 Å². The maximum Gasteiger partial charge on any atom is 0.174 e. The van der Waals surface area contributed by atoms with Crippen molar-refractivity contribution in [3.8, 4) is 11.3 Å². The van der Waals surface area contributed by atoms with Crippen molar-refractivity contribution < 1.29 is 4.52 Å². The third kappa shape index (κ3) is 1.53. The van der Waals surface area contributed by atoms with Crippen LogP contribution in [0, 0.1) is 0 Å². The van der Waals surface area contributed by atoms with Crippen molar-refractivity contribution in [2.24, 2.45) is 0 Å². The average Bonchev–Trinajstić information content (AvgIpc) is 2.85. The van der Waals surface area contributed by atoms with E-state index in [0.717, 1.165) is 17.7 Å². The van der Waals surface area contributed by atoms with E-state index in [1.165, 1.54) is 0 Å². The SMILES string of the molecule is CCn1cc(-c2oncc2CCl)cn1. The number of alkyl halides is 1. The molecule has 5 heteroatoms. The van der Waals surface area contributed by atoms with Crippen molar-refractivity contribution in [3.63, 3.8) is 0 Å². The molecular weight excluding hydrogens is 202 g/mol. The largest absolute Gasteiger partial charge is 0.356 e. The van der Waals surface area contributed by atoms with Crippen LogP contribution in [-0.2, 0) is 12.4 Å². The first-order valence-corrected chi connectivity index (χ1v) is 4.91. The second-order valence-corrected chi connectivity index (χ2v) is 3.17. The number of halogens is 1. The molecule has 2 aromatic heterocycles. The van der Waals surface area contributed by atoms with E-state index < -0.39 is 0 Å². The van der Waals surface area contributed by atoms with Gasteiger partial charge in [0.2, 0.25) is 0 Å². The minimum atomic E-state index is 0.399. The molecule has 0 N–H and O–H groups in total. The molecule has 2 aromatic rings. The van der Waals surface area contributed by atoms with Crippen LogP contribution < -0.4 is 0 Å². The van der Waals surface area contributed by atoms with Crippen LogP contribution in [0.25, 0.3) is 11.3 Å². The van der Waals surface area contributed by atoms with Gasteiger partial charge in [-0.05, 0) is 6.92 Å². The Balaban J connectivity index is 2.38. The predicted molar refractivity (Wildman–Crippen MR) is 53.0 cm³/mol. The summed E-state index contributed by atoms with van der Waals surface area (Å²) in [6.45, 7) is 2.87. The van der Waals surface area contributed by atoms with E-state index in [2.05, 4.69) is 10.3 Å².